The molecule has 0 saturated heterocycles. The van der Waals surface area contributed by atoms with Crippen molar-refractivity contribution in [2.75, 3.05) is 0 Å². The normalized spacial score (nSPS) is 19.0. The van der Waals surface area contributed by atoms with Gasteiger partial charge in [-0.1, -0.05) is 6.92 Å². The van der Waals surface area contributed by atoms with E-state index in [0.717, 1.165) is 6.42 Å². The van der Waals surface area contributed by atoms with E-state index in [2.05, 4.69) is 17.1 Å². The van der Waals surface area contributed by atoms with Crippen LogP contribution >= 0.6 is 0 Å². The second kappa shape index (κ2) is 1.87. The van der Waals surface area contributed by atoms with Gasteiger partial charge in [-0.3, -0.25) is 0 Å². The molecule has 1 aliphatic rings. The van der Waals surface area contributed by atoms with E-state index in [1.165, 1.54) is 0 Å². The molecule has 0 N–H and O–H groups in total. The lowest BCUT2D eigenvalue weighted by Crippen LogP contribution is -1.95. The van der Waals surface area contributed by atoms with Crippen LogP contribution in [0.3, 0.4) is 0 Å². The lowest BCUT2D eigenvalue weighted by Gasteiger charge is -1.89. The summed E-state index contributed by atoms with van der Waals surface area (Å²) in [5.41, 5.74) is 0. The molecule has 0 fully saturated rings. The molecule has 7 heavy (non-hydrogen) atoms. The van der Waals surface area contributed by atoms with E-state index in [1.807, 2.05) is 12.4 Å². The van der Waals surface area contributed by atoms with Crippen LogP contribution in [0.15, 0.2) is 10.2 Å². The molecule has 2 nitrogen and oxygen atoms in total. The van der Waals surface area contributed by atoms with E-state index in [1.54, 1.807) is 0 Å². The number of nitrogens with zero attached hydrogens (tertiary/aromatic N) is 2. The molecule has 0 spiro atoms. The SMILES string of the molecule is CCC1C=NN=C1. The molecule has 0 radical (unpaired) electrons. The Morgan fingerprint density at radius 1 is 1.43 bits per heavy atom. The molecule has 0 aromatic heterocycles. The topological polar surface area (TPSA) is 24.7 Å². The van der Waals surface area contributed by atoms with Gasteiger partial charge >= 0.3 is 0 Å². The van der Waals surface area contributed by atoms with Crippen LogP contribution in [-0.2, 0) is 0 Å². The zero-order valence-electron chi connectivity index (χ0n) is 4.33. The fourth-order valence-electron chi connectivity index (χ4n) is 0.498. The Morgan fingerprint density at radius 2 is 2.00 bits per heavy atom. The van der Waals surface area contributed by atoms with Gasteiger partial charge in [0, 0.05) is 18.3 Å². The smallest absolute Gasteiger partial charge is 0.0355 e. The van der Waals surface area contributed by atoms with Crippen LogP contribution in [0.4, 0.5) is 0 Å². The van der Waals surface area contributed by atoms with Crippen LogP contribution < -0.4 is 0 Å². The first-order chi connectivity index (χ1) is 3.43. The van der Waals surface area contributed by atoms with Crippen molar-refractivity contribution in [3.8, 4) is 0 Å². The summed E-state index contributed by atoms with van der Waals surface area (Å²) < 4.78 is 0. The predicted molar refractivity (Wildman–Crippen MR) is 30.8 cm³/mol. The highest BCUT2D eigenvalue weighted by Gasteiger charge is 1.99. The molecule has 0 aromatic rings. The van der Waals surface area contributed by atoms with Gasteiger partial charge in [-0.05, 0) is 6.42 Å². The van der Waals surface area contributed by atoms with E-state index >= 15 is 0 Å². The quantitative estimate of drug-likeness (QED) is 0.466. The summed E-state index contributed by atoms with van der Waals surface area (Å²) in [6.07, 6.45) is 4.84. The monoisotopic (exact) mass is 96.1 g/mol. The van der Waals surface area contributed by atoms with Crippen molar-refractivity contribution in [1.29, 1.82) is 0 Å². The first-order valence-electron chi connectivity index (χ1n) is 2.50. The highest BCUT2D eigenvalue weighted by Crippen LogP contribution is 1.99. The van der Waals surface area contributed by atoms with Crippen molar-refractivity contribution >= 4 is 12.4 Å². The average molecular weight is 96.1 g/mol. The molecule has 38 valence electrons. The van der Waals surface area contributed by atoms with Crippen molar-refractivity contribution in [2.24, 2.45) is 16.1 Å². The maximum absolute atomic E-state index is 3.68. The molecule has 0 bridgehead atoms. The molecule has 0 aliphatic carbocycles. The minimum atomic E-state index is 0.514. The van der Waals surface area contributed by atoms with Crippen molar-refractivity contribution in [2.45, 2.75) is 13.3 Å². The predicted octanol–water partition coefficient (Wildman–Crippen LogP) is 1.08. The largest absolute Gasteiger partial charge is 0.163 e. The summed E-state index contributed by atoms with van der Waals surface area (Å²) in [5.74, 6) is 0.514. The van der Waals surface area contributed by atoms with Crippen LogP contribution in [0.1, 0.15) is 13.3 Å². The average Bonchev–Trinajstić information content (AvgIpc) is 2.14. The van der Waals surface area contributed by atoms with E-state index in [9.17, 15) is 0 Å². The lowest BCUT2D eigenvalue weighted by molar-refractivity contribution is 0.901. The molecular formula is C5H8N2. The minimum absolute atomic E-state index is 0.514. The highest BCUT2D eigenvalue weighted by atomic mass is 15.2. The van der Waals surface area contributed by atoms with Gasteiger partial charge in [0.05, 0.1) is 0 Å². The van der Waals surface area contributed by atoms with Gasteiger partial charge in [-0.15, -0.1) is 0 Å². The maximum Gasteiger partial charge on any atom is 0.0355 e. The Morgan fingerprint density at radius 3 is 2.29 bits per heavy atom. The molecule has 0 aromatic carbocycles. The van der Waals surface area contributed by atoms with Gasteiger partial charge in [0.15, 0.2) is 0 Å². The highest BCUT2D eigenvalue weighted by molar-refractivity contribution is 5.86. The molecule has 0 atom stereocenters. The lowest BCUT2D eigenvalue weighted by atomic mass is 10.1. The fraction of sp³-hybridized carbons (Fsp3) is 0.600. The molecule has 1 aliphatic heterocycles. The summed E-state index contributed by atoms with van der Waals surface area (Å²) in [5, 5.41) is 7.36. The number of hydrogen-bond acceptors (Lipinski definition) is 2. The summed E-state index contributed by atoms with van der Waals surface area (Å²) in [7, 11) is 0. The summed E-state index contributed by atoms with van der Waals surface area (Å²) >= 11 is 0. The summed E-state index contributed by atoms with van der Waals surface area (Å²) in [6.45, 7) is 2.12. The van der Waals surface area contributed by atoms with Gasteiger partial charge < -0.3 is 0 Å². The third-order valence-corrected chi connectivity index (χ3v) is 1.05. The Labute approximate surface area is 43.0 Å². The standard InChI is InChI=1S/C5H8N2/c1-2-5-3-6-7-4-5/h3-5H,2H2,1H3. The molecule has 1 heterocycles. The molecule has 0 amide bonds. The van der Waals surface area contributed by atoms with Crippen LogP contribution in [0, 0.1) is 5.92 Å². The first-order valence-corrected chi connectivity index (χ1v) is 2.50. The second-order valence-electron chi connectivity index (χ2n) is 1.60. The zero-order chi connectivity index (χ0) is 5.11. The summed E-state index contributed by atoms with van der Waals surface area (Å²) in [6, 6.07) is 0. The van der Waals surface area contributed by atoms with Crippen LogP contribution in [0.2, 0.25) is 0 Å². The van der Waals surface area contributed by atoms with Crippen LogP contribution in [0.25, 0.3) is 0 Å². The van der Waals surface area contributed by atoms with Crippen molar-refractivity contribution in [1.82, 2.24) is 0 Å². The molecule has 0 unspecified atom stereocenters. The van der Waals surface area contributed by atoms with Crippen molar-refractivity contribution in [3.63, 3.8) is 0 Å². The minimum Gasteiger partial charge on any atom is -0.163 e. The van der Waals surface area contributed by atoms with Crippen LogP contribution in [0.5, 0.6) is 0 Å². The van der Waals surface area contributed by atoms with Gasteiger partial charge in [-0.25, -0.2) is 0 Å². The van der Waals surface area contributed by atoms with E-state index in [4.69, 9.17) is 0 Å². The number of hydrogen-bond donors (Lipinski definition) is 0. The Hall–Kier alpha value is -0.660. The third-order valence-electron chi connectivity index (χ3n) is 1.05. The summed E-state index contributed by atoms with van der Waals surface area (Å²) in [4.78, 5) is 0. The third kappa shape index (κ3) is 0.856. The van der Waals surface area contributed by atoms with Gasteiger partial charge in [-0.2, -0.15) is 10.2 Å². The van der Waals surface area contributed by atoms with Crippen molar-refractivity contribution < 1.29 is 0 Å². The maximum atomic E-state index is 3.68. The molecule has 2 heteroatoms. The van der Waals surface area contributed by atoms with Gasteiger partial charge in [0.2, 0.25) is 0 Å². The van der Waals surface area contributed by atoms with Gasteiger partial charge in [0.1, 0.15) is 0 Å². The Bertz CT molecular complexity index is 92.6. The van der Waals surface area contributed by atoms with Crippen molar-refractivity contribution in [3.05, 3.63) is 0 Å². The Kier molecular flexibility index (Phi) is 1.20. The van der Waals surface area contributed by atoms with E-state index < -0.39 is 0 Å². The second-order valence-corrected chi connectivity index (χ2v) is 1.60. The fourth-order valence-corrected chi connectivity index (χ4v) is 0.498. The Balaban J connectivity index is 2.44. The zero-order valence-corrected chi connectivity index (χ0v) is 4.33. The molecular weight excluding hydrogens is 88.1 g/mol. The van der Waals surface area contributed by atoms with Crippen LogP contribution in [-0.4, -0.2) is 12.4 Å². The van der Waals surface area contributed by atoms with E-state index in [-0.39, 0.29) is 0 Å². The molecule has 1 rings (SSSR count). The van der Waals surface area contributed by atoms with Gasteiger partial charge in [0.25, 0.3) is 0 Å². The molecule has 0 saturated carbocycles. The first kappa shape index (κ1) is 4.50. The van der Waals surface area contributed by atoms with E-state index in [0.29, 0.717) is 5.92 Å². The number of rotatable bonds is 1.